The minimum Gasteiger partial charge on any atom is -0.264 e. The molecule has 0 unspecified atom stereocenters. The van der Waals surface area contributed by atoms with Crippen molar-refractivity contribution in [3.63, 3.8) is 0 Å². The van der Waals surface area contributed by atoms with E-state index in [1.165, 1.54) is 151 Å². The lowest BCUT2D eigenvalue weighted by atomic mass is 9.96. The quantitative estimate of drug-likeness (QED) is 0.140. The average Bonchev–Trinajstić information content (AvgIpc) is 0.794. The van der Waals surface area contributed by atoms with Gasteiger partial charge in [-0.1, -0.05) is 96.1 Å². The third-order valence-electron chi connectivity index (χ3n) is 18.9. The van der Waals surface area contributed by atoms with Crippen LogP contribution in [0.25, 0.3) is 133 Å². The minimum absolute atomic E-state index is 0.692. The molecular formula is C89H81N11+4. The van der Waals surface area contributed by atoms with Crippen LogP contribution in [0.15, 0.2) is 275 Å². The summed E-state index contributed by atoms with van der Waals surface area (Å²) in [6.07, 6.45) is 20.9. The van der Waals surface area contributed by atoms with Crippen LogP contribution in [-0.2, 0) is 28.2 Å². The Hall–Kier alpha value is -12.2. The molecule has 0 aliphatic rings. The smallest absolute Gasteiger partial charge is 0.213 e. The Morgan fingerprint density at radius 1 is 0.260 bits per heavy atom. The van der Waals surface area contributed by atoms with E-state index in [9.17, 15) is 0 Å². The van der Waals surface area contributed by atoms with Crippen molar-refractivity contribution in [2.24, 2.45) is 28.2 Å². The molecule has 0 aliphatic heterocycles. The third-order valence-corrected chi connectivity index (χ3v) is 18.9. The van der Waals surface area contributed by atoms with Gasteiger partial charge in [0, 0.05) is 121 Å². The van der Waals surface area contributed by atoms with Gasteiger partial charge >= 0.3 is 0 Å². The van der Waals surface area contributed by atoms with Crippen molar-refractivity contribution in [1.82, 2.24) is 34.9 Å². The van der Waals surface area contributed by atoms with Gasteiger partial charge in [0.1, 0.15) is 40.8 Å². The number of rotatable bonds is 8. The topological polar surface area (TPSA) is 106 Å². The lowest BCUT2D eigenvalue weighted by Crippen LogP contribution is -2.30. The fraction of sp³-hybridized carbons (Fsp3) is 0.135. The van der Waals surface area contributed by atoms with Gasteiger partial charge in [-0.15, -0.1) is 0 Å². The summed E-state index contributed by atoms with van der Waals surface area (Å²) < 4.78 is 8.81. The number of hydrogen-bond acceptors (Lipinski definition) is 7. The lowest BCUT2D eigenvalue weighted by molar-refractivity contribution is -0.659. The Bertz CT molecular complexity index is 5330. The van der Waals surface area contributed by atoms with Gasteiger partial charge in [-0.3, -0.25) is 9.97 Å². The van der Waals surface area contributed by atoms with Crippen LogP contribution in [0.3, 0.4) is 0 Å². The molecule has 8 aromatic heterocycles. The van der Waals surface area contributed by atoms with E-state index in [1.807, 2.05) is 48.9 Å². The van der Waals surface area contributed by atoms with E-state index < -0.39 is 0 Å². The summed E-state index contributed by atoms with van der Waals surface area (Å²) in [5.74, 6) is 1.45. The second kappa shape index (κ2) is 29.2. The summed E-state index contributed by atoms with van der Waals surface area (Å²) >= 11 is 0. The van der Waals surface area contributed by atoms with E-state index >= 15 is 0 Å². The summed E-state index contributed by atoms with van der Waals surface area (Å²) in [5, 5.41) is 9.71. The Balaban J connectivity index is 0.000000120. The van der Waals surface area contributed by atoms with E-state index in [1.54, 1.807) is 12.4 Å². The van der Waals surface area contributed by atoms with E-state index in [4.69, 9.17) is 0 Å². The molecule has 0 aliphatic carbocycles. The van der Waals surface area contributed by atoms with Crippen LogP contribution in [0.4, 0.5) is 0 Å². The maximum Gasteiger partial charge on any atom is 0.213 e. The van der Waals surface area contributed by atoms with Crippen LogP contribution < -0.4 is 18.3 Å². The third kappa shape index (κ3) is 14.6. The predicted molar refractivity (Wildman–Crippen MR) is 406 cm³/mol. The van der Waals surface area contributed by atoms with E-state index in [-0.39, 0.29) is 0 Å². The van der Waals surface area contributed by atoms with Crippen LogP contribution in [0.2, 0.25) is 0 Å². The molecule has 11 heteroatoms. The van der Waals surface area contributed by atoms with E-state index in [0.717, 1.165) is 33.8 Å². The number of pyridine rings is 6. The molecule has 16 aromatic rings. The van der Waals surface area contributed by atoms with Crippen molar-refractivity contribution in [2.75, 3.05) is 0 Å². The molecule has 11 nitrogen and oxygen atoms in total. The first-order valence-electron chi connectivity index (χ1n) is 33.7. The summed E-state index contributed by atoms with van der Waals surface area (Å²) in [6, 6.07) is 72.8. The maximum atomic E-state index is 4.49. The molecule has 0 amide bonds. The van der Waals surface area contributed by atoms with Gasteiger partial charge in [0.2, 0.25) is 22.8 Å². The zero-order chi connectivity index (χ0) is 69.6. The highest BCUT2D eigenvalue weighted by Gasteiger charge is 2.21. The fourth-order valence-corrected chi connectivity index (χ4v) is 13.3. The number of hydrogen-bond donors (Lipinski definition) is 0. The monoisotopic (exact) mass is 1300 g/mol. The van der Waals surface area contributed by atoms with E-state index in [2.05, 4.69) is 337 Å². The Morgan fingerprint density at radius 3 is 1.10 bits per heavy atom. The first-order valence-corrected chi connectivity index (χ1v) is 33.7. The first kappa shape index (κ1) is 66.4. The van der Waals surface area contributed by atoms with Crippen molar-refractivity contribution < 1.29 is 18.3 Å². The van der Waals surface area contributed by atoms with Crippen LogP contribution in [0.5, 0.6) is 0 Å². The normalized spacial score (nSPS) is 11.0. The van der Waals surface area contributed by atoms with Crippen molar-refractivity contribution in [1.29, 1.82) is 0 Å². The van der Waals surface area contributed by atoms with Crippen molar-refractivity contribution in [2.45, 2.75) is 55.4 Å². The second-order valence-electron chi connectivity index (χ2n) is 26.1. The van der Waals surface area contributed by atoms with Gasteiger partial charge in [0.05, 0.1) is 5.69 Å². The largest absolute Gasteiger partial charge is 0.264 e. The predicted octanol–water partition coefficient (Wildman–Crippen LogP) is 18.2. The van der Waals surface area contributed by atoms with Crippen LogP contribution in [0.1, 0.15) is 44.5 Å². The number of benzene rings is 8. The van der Waals surface area contributed by atoms with Gasteiger partial charge in [-0.25, -0.2) is 43.2 Å². The molecule has 100 heavy (non-hydrogen) atoms. The molecule has 16 rings (SSSR count). The number of fused-ring (bicyclic) bond motifs is 4. The highest BCUT2D eigenvalue weighted by molar-refractivity contribution is 5.92. The summed E-state index contributed by atoms with van der Waals surface area (Å²) in [5.41, 5.74) is 27.0. The SMILES string of the molecule is Cc1cc(C)c(C)c(-c2cc3cc(-c4ccccn4)ccc3c[n+]2C)c1.Cc1cc(C)c(C)c(-c2cc3cc(-c4cccnc4)ccc3c[n+]2C)c1.Cc1ccccc1-c1cc2cc(-c3ncccn3)ccc2c[n+]1C.Cc1ccccc1-c1cc2cc(-c3ncncn3)ccc2c[n+]1C. The molecule has 0 saturated carbocycles. The molecule has 0 saturated heterocycles. The molecule has 0 bridgehead atoms. The van der Waals surface area contributed by atoms with Crippen molar-refractivity contribution in [3.8, 4) is 90.2 Å². The van der Waals surface area contributed by atoms with Crippen molar-refractivity contribution >= 4 is 43.1 Å². The number of aromatic nitrogens is 11. The van der Waals surface area contributed by atoms with Crippen LogP contribution in [-0.4, -0.2) is 34.9 Å². The molecule has 0 fully saturated rings. The lowest BCUT2D eigenvalue weighted by Gasteiger charge is -2.10. The second-order valence-corrected chi connectivity index (χ2v) is 26.1. The molecule has 0 N–H and O–H groups in total. The highest BCUT2D eigenvalue weighted by Crippen LogP contribution is 2.33. The summed E-state index contributed by atoms with van der Waals surface area (Å²) in [6.45, 7) is 17.4. The fourth-order valence-electron chi connectivity index (χ4n) is 13.3. The van der Waals surface area contributed by atoms with Crippen LogP contribution >= 0.6 is 0 Å². The van der Waals surface area contributed by atoms with Gasteiger partial charge < -0.3 is 0 Å². The van der Waals surface area contributed by atoms with Gasteiger partial charge in [-0.2, -0.15) is 0 Å². The highest BCUT2D eigenvalue weighted by atomic mass is 15.0. The molecule has 8 aromatic carbocycles. The average molecular weight is 1300 g/mol. The summed E-state index contributed by atoms with van der Waals surface area (Å²) in [4.78, 5) is 29.8. The maximum absolute atomic E-state index is 4.49. The molecule has 0 atom stereocenters. The Labute approximate surface area is 585 Å². The van der Waals surface area contributed by atoms with Gasteiger partial charge in [-0.05, 0) is 213 Å². The standard InChI is InChI=1S/2C24H23N2.C21H18N3.C20H17N4/c1-16-10-17(2)18(3)23(11-16)24-13-22-12-19(20-6-5-9-25-14-20)7-8-21(22)15-26(24)4;1-16-11-17(2)18(3)22(12-16)24-14-21-13-19(23-7-5-6-10-25-23)8-9-20(21)15-26(24)4;1-15-6-3-4-7-19(15)20-13-18-12-16(21-22-10-5-11-23-21)8-9-17(18)14-24(20)2;1-14-5-3-4-6-18(14)19-10-17-9-15(20-22-12-21-13-23-20)7-8-16(17)11-24(19)2/h2*5-15H,1-4H3;3-14H,1-2H3;3-13H,1-2H3/q4*+1. The zero-order valence-electron chi connectivity index (χ0n) is 58.9. The number of nitrogens with zero attached hydrogens (tertiary/aromatic N) is 11. The first-order chi connectivity index (χ1) is 48.5. The van der Waals surface area contributed by atoms with Gasteiger partial charge in [0.25, 0.3) is 0 Å². The minimum atomic E-state index is 0.692. The van der Waals surface area contributed by atoms with Gasteiger partial charge in [0.15, 0.2) is 36.4 Å². The Morgan fingerprint density at radius 2 is 0.660 bits per heavy atom. The van der Waals surface area contributed by atoms with Crippen LogP contribution in [0, 0.1) is 55.4 Å². The zero-order valence-corrected chi connectivity index (χ0v) is 58.9. The molecule has 8 heterocycles. The van der Waals surface area contributed by atoms with Crippen molar-refractivity contribution in [3.05, 3.63) is 319 Å². The molecule has 488 valence electrons. The number of aryl methyl sites for hydroxylation is 10. The Kier molecular flexibility index (Phi) is 19.4. The van der Waals surface area contributed by atoms with E-state index in [0.29, 0.717) is 5.82 Å². The summed E-state index contributed by atoms with van der Waals surface area (Å²) in [7, 11) is 8.43. The molecular weight excluding hydrogens is 1220 g/mol. The molecule has 0 radical (unpaired) electrons. The molecule has 0 spiro atoms.